The van der Waals surface area contributed by atoms with E-state index in [0.29, 0.717) is 0 Å². The third-order valence-electron chi connectivity index (χ3n) is 7.06. The quantitative estimate of drug-likeness (QED) is 0.466. The minimum Gasteiger partial charge on any atom is -0.462 e. The fraction of sp³-hybridized carbons (Fsp3) is 0.929. The van der Waals surface area contributed by atoms with Crippen LogP contribution in [0, 0.1) is 29.6 Å². The topological polar surface area (TPSA) is 26.3 Å². The van der Waals surface area contributed by atoms with Gasteiger partial charge in [-0.05, 0) is 24.2 Å². The van der Waals surface area contributed by atoms with Crippen molar-refractivity contribution in [3.05, 3.63) is 0 Å². The zero-order valence-corrected chi connectivity index (χ0v) is 15.9. The molecule has 0 aromatic rings. The summed E-state index contributed by atoms with van der Waals surface area (Å²) in [6.07, 6.45) is 0.594. The molecular weight excluding hydrogens is 413 g/mol. The minimum absolute atomic E-state index is 0.0241. The van der Waals surface area contributed by atoms with Crippen LogP contribution in [0.5, 0.6) is 0 Å². The van der Waals surface area contributed by atoms with E-state index in [2.05, 4.69) is 0 Å². The van der Waals surface area contributed by atoms with Crippen molar-refractivity contribution in [2.45, 2.75) is 43.8 Å². The van der Waals surface area contributed by atoms with Crippen LogP contribution in [-0.4, -0.2) is 36.4 Å². The molecular formula is C14H12Cl6O2. The van der Waals surface area contributed by atoms with Gasteiger partial charge in [0.1, 0.15) is 15.9 Å². The van der Waals surface area contributed by atoms with Crippen molar-refractivity contribution >= 4 is 75.6 Å². The molecule has 5 aliphatic carbocycles. The lowest BCUT2D eigenvalue weighted by molar-refractivity contribution is -0.152. The Balaban J connectivity index is 1.79. The van der Waals surface area contributed by atoms with E-state index in [-0.39, 0.29) is 41.7 Å². The maximum atomic E-state index is 11.5. The van der Waals surface area contributed by atoms with Crippen LogP contribution in [0.25, 0.3) is 0 Å². The van der Waals surface area contributed by atoms with E-state index in [1.165, 1.54) is 6.92 Å². The predicted molar refractivity (Wildman–Crippen MR) is 87.5 cm³/mol. The van der Waals surface area contributed by atoms with Crippen LogP contribution < -0.4 is 0 Å². The average molecular weight is 425 g/mol. The lowest BCUT2D eigenvalue weighted by Gasteiger charge is -2.41. The summed E-state index contributed by atoms with van der Waals surface area (Å²) in [7, 11) is 0. The van der Waals surface area contributed by atoms with Crippen LogP contribution in [0.2, 0.25) is 0 Å². The lowest BCUT2D eigenvalue weighted by atomic mass is 9.76. The van der Waals surface area contributed by atoms with Crippen LogP contribution in [0.4, 0.5) is 0 Å². The molecule has 5 fully saturated rings. The predicted octanol–water partition coefficient (Wildman–Crippen LogP) is 4.17. The Morgan fingerprint density at radius 3 is 2.23 bits per heavy atom. The summed E-state index contributed by atoms with van der Waals surface area (Å²) >= 11 is 41.1. The highest BCUT2D eigenvalue weighted by atomic mass is 35.5. The standard InChI is InChI=1S/C14H12Cl6O2/c1-3(21)22-9-5-2-4-7-6(5)12(17)10(15)11(16,8(4)9)13(7,18)14(12,19)20/h4-10H,2H2,1H3/t4-,5+,6+,7-,8?,9+,10+,11+,12+,13-/m1/s1. The fourth-order valence-corrected chi connectivity index (χ4v) is 10.9. The second kappa shape index (κ2) is 3.81. The number of carbonyl (C=O) groups excluding carboxylic acids is 1. The Morgan fingerprint density at radius 1 is 1.00 bits per heavy atom. The summed E-state index contributed by atoms with van der Waals surface area (Å²) in [5.41, 5.74) is 0. The number of ether oxygens (including phenoxy) is 1. The first-order valence-corrected chi connectivity index (χ1v) is 9.64. The highest BCUT2D eigenvalue weighted by Gasteiger charge is 3.00. The molecule has 0 N–H and O–H groups in total. The van der Waals surface area contributed by atoms with Crippen molar-refractivity contribution in [2.24, 2.45) is 29.6 Å². The zero-order chi connectivity index (χ0) is 16.0. The fourth-order valence-electron chi connectivity index (χ4n) is 6.80. The second-order valence-electron chi connectivity index (χ2n) is 7.40. The number of halogens is 6. The molecule has 22 heavy (non-hydrogen) atoms. The molecule has 5 rings (SSSR count). The van der Waals surface area contributed by atoms with E-state index < -0.39 is 24.3 Å². The van der Waals surface area contributed by atoms with E-state index in [1.807, 2.05) is 0 Å². The van der Waals surface area contributed by atoms with Gasteiger partial charge in [0.2, 0.25) is 0 Å². The molecule has 0 aliphatic heterocycles. The smallest absolute Gasteiger partial charge is 0.302 e. The van der Waals surface area contributed by atoms with E-state index in [4.69, 9.17) is 74.3 Å². The monoisotopic (exact) mass is 422 g/mol. The lowest BCUT2D eigenvalue weighted by Crippen LogP contribution is -2.54. The first-order chi connectivity index (χ1) is 10.1. The summed E-state index contributed by atoms with van der Waals surface area (Å²) < 4.78 is 4.21. The molecule has 1 unspecified atom stereocenters. The van der Waals surface area contributed by atoms with Gasteiger partial charge in [0.25, 0.3) is 0 Å². The molecule has 122 valence electrons. The summed E-state index contributed by atoms with van der Waals surface area (Å²) in [5, 5.41) is -0.671. The minimum atomic E-state index is -1.40. The number of carbonyl (C=O) groups is 1. The Kier molecular flexibility index (Phi) is 2.68. The third-order valence-corrected chi connectivity index (χ3v) is 12.0. The van der Waals surface area contributed by atoms with Crippen LogP contribution in [0.3, 0.4) is 0 Å². The number of esters is 1. The van der Waals surface area contributed by atoms with Crippen LogP contribution in [-0.2, 0) is 9.53 Å². The van der Waals surface area contributed by atoms with Crippen LogP contribution >= 0.6 is 69.6 Å². The maximum absolute atomic E-state index is 11.5. The Morgan fingerprint density at radius 2 is 1.64 bits per heavy atom. The molecule has 0 amide bonds. The van der Waals surface area contributed by atoms with Gasteiger partial charge in [0.05, 0.1) is 10.3 Å². The van der Waals surface area contributed by atoms with Crippen molar-refractivity contribution in [1.82, 2.24) is 0 Å². The Bertz CT molecular complexity index is 626. The molecule has 10 atom stereocenters. The zero-order valence-electron chi connectivity index (χ0n) is 11.3. The average Bonchev–Trinajstić information content (AvgIpc) is 3.04. The normalized spacial score (nSPS) is 68.2. The van der Waals surface area contributed by atoms with Gasteiger partial charge in [-0.3, -0.25) is 4.79 Å². The molecule has 2 nitrogen and oxygen atoms in total. The van der Waals surface area contributed by atoms with Crippen LogP contribution in [0.15, 0.2) is 0 Å². The molecule has 0 saturated heterocycles. The summed E-state index contributed by atoms with van der Waals surface area (Å²) in [5.74, 6) is -0.251. The van der Waals surface area contributed by atoms with Gasteiger partial charge in [0.15, 0.2) is 4.33 Å². The van der Waals surface area contributed by atoms with Crippen molar-refractivity contribution in [2.75, 3.05) is 0 Å². The first kappa shape index (κ1) is 15.5. The highest BCUT2D eigenvalue weighted by Crippen LogP contribution is 2.91. The number of fused-ring (bicyclic) bond motifs is 5. The molecule has 5 saturated carbocycles. The Hall–Kier alpha value is 1.21. The summed E-state index contributed by atoms with van der Waals surface area (Å²) in [6.45, 7) is 1.40. The third kappa shape index (κ3) is 1.06. The summed E-state index contributed by atoms with van der Waals surface area (Å²) in [6, 6.07) is 0. The van der Waals surface area contributed by atoms with Crippen molar-refractivity contribution in [3.8, 4) is 0 Å². The van der Waals surface area contributed by atoms with E-state index in [1.54, 1.807) is 0 Å². The molecule has 0 radical (unpaired) electrons. The van der Waals surface area contributed by atoms with E-state index >= 15 is 0 Å². The molecule has 5 aliphatic rings. The van der Waals surface area contributed by atoms with Gasteiger partial charge in [-0.25, -0.2) is 0 Å². The molecule has 0 aromatic carbocycles. The van der Waals surface area contributed by atoms with E-state index in [0.717, 1.165) is 6.42 Å². The SMILES string of the molecule is CC(=O)O[C@@H]1C2[C@@H]3C[C@H]1[C@H]1[C@@H]3[C@]3(Cl)C(Cl)(Cl)[C@@]1(Cl)[C@@H](Cl)[C@@]23Cl. The van der Waals surface area contributed by atoms with E-state index in [9.17, 15) is 4.79 Å². The van der Waals surface area contributed by atoms with Crippen molar-refractivity contribution < 1.29 is 9.53 Å². The highest BCUT2D eigenvalue weighted by molar-refractivity contribution is 6.63. The van der Waals surface area contributed by atoms with Gasteiger partial charge in [-0.1, -0.05) is 23.2 Å². The Labute approximate surface area is 158 Å². The first-order valence-electron chi connectivity index (χ1n) is 7.32. The number of hydrogen-bond donors (Lipinski definition) is 0. The summed E-state index contributed by atoms with van der Waals surface area (Å²) in [4.78, 5) is 8.27. The van der Waals surface area contributed by atoms with Gasteiger partial charge < -0.3 is 4.74 Å². The molecule has 0 spiro atoms. The second-order valence-corrected chi connectivity index (χ2v) is 11.0. The molecule has 0 aromatic heterocycles. The number of hydrogen-bond acceptors (Lipinski definition) is 2. The van der Waals surface area contributed by atoms with Crippen molar-refractivity contribution in [3.63, 3.8) is 0 Å². The molecule has 8 heteroatoms. The molecule has 4 bridgehead atoms. The maximum Gasteiger partial charge on any atom is 0.302 e. The number of rotatable bonds is 1. The van der Waals surface area contributed by atoms with Crippen molar-refractivity contribution in [1.29, 1.82) is 0 Å². The van der Waals surface area contributed by atoms with Gasteiger partial charge >= 0.3 is 5.97 Å². The van der Waals surface area contributed by atoms with Gasteiger partial charge in [0, 0.05) is 18.8 Å². The van der Waals surface area contributed by atoms with Crippen LogP contribution in [0.1, 0.15) is 13.3 Å². The van der Waals surface area contributed by atoms with Gasteiger partial charge in [-0.15, -0.1) is 46.4 Å². The van der Waals surface area contributed by atoms with Gasteiger partial charge in [-0.2, -0.15) is 0 Å². The molecule has 0 heterocycles. The number of alkyl halides is 6. The largest absolute Gasteiger partial charge is 0.462 e.